The summed E-state index contributed by atoms with van der Waals surface area (Å²) >= 11 is 0. The van der Waals surface area contributed by atoms with E-state index in [0.717, 1.165) is 61.7 Å². The van der Waals surface area contributed by atoms with E-state index in [4.69, 9.17) is 5.73 Å². The fourth-order valence-electron chi connectivity index (χ4n) is 4.58. The summed E-state index contributed by atoms with van der Waals surface area (Å²) in [6, 6.07) is 8.14. The Balaban J connectivity index is 1.70. The molecule has 1 atom stereocenters. The van der Waals surface area contributed by atoms with Crippen molar-refractivity contribution in [2.45, 2.75) is 32.7 Å². The van der Waals surface area contributed by atoms with E-state index < -0.39 is 6.09 Å². The molecule has 3 heterocycles. The molecular formula is C23H32N6O2. The second-order valence-corrected chi connectivity index (χ2v) is 9.04. The van der Waals surface area contributed by atoms with Crippen molar-refractivity contribution in [3.63, 3.8) is 0 Å². The van der Waals surface area contributed by atoms with Crippen LogP contribution in [0, 0.1) is 5.92 Å². The SMILES string of the molecule is CC(C)CC1c2cc(-c3cc(N4CCN(C)CC4)nc(N)n3)ccc2CCN1C(=O)O. The van der Waals surface area contributed by atoms with E-state index in [1.54, 1.807) is 4.90 Å². The van der Waals surface area contributed by atoms with Gasteiger partial charge in [0, 0.05) is 44.4 Å². The number of benzene rings is 1. The molecule has 4 rings (SSSR count). The lowest BCUT2D eigenvalue weighted by atomic mass is 9.86. The van der Waals surface area contributed by atoms with Gasteiger partial charge in [-0.3, -0.25) is 0 Å². The summed E-state index contributed by atoms with van der Waals surface area (Å²) in [6.07, 6.45) is 0.668. The molecule has 1 unspecified atom stereocenters. The molecule has 0 radical (unpaired) electrons. The average Bonchev–Trinajstić information content (AvgIpc) is 2.73. The second kappa shape index (κ2) is 8.70. The summed E-state index contributed by atoms with van der Waals surface area (Å²) < 4.78 is 0. The monoisotopic (exact) mass is 424 g/mol. The van der Waals surface area contributed by atoms with Crippen molar-refractivity contribution in [1.29, 1.82) is 0 Å². The van der Waals surface area contributed by atoms with Gasteiger partial charge in [0.25, 0.3) is 0 Å². The number of nitrogens with two attached hydrogens (primary N) is 1. The molecule has 0 bridgehead atoms. The maximum Gasteiger partial charge on any atom is 0.407 e. The zero-order valence-corrected chi connectivity index (χ0v) is 18.6. The molecule has 2 aliphatic rings. The van der Waals surface area contributed by atoms with Gasteiger partial charge in [0.15, 0.2) is 0 Å². The topological polar surface area (TPSA) is 98.8 Å². The van der Waals surface area contributed by atoms with Crippen molar-refractivity contribution < 1.29 is 9.90 Å². The van der Waals surface area contributed by atoms with Crippen molar-refractivity contribution >= 4 is 17.9 Å². The van der Waals surface area contributed by atoms with Gasteiger partial charge in [-0.15, -0.1) is 0 Å². The summed E-state index contributed by atoms with van der Waals surface area (Å²) in [5.41, 5.74) is 10.1. The van der Waals surface area contributed by atoms with Gasteiger partial charge in [-0.05, 0) is 43.0 Å². The third-order valence-corrected chi connectivity index (χ3v) is 6.30. The van der Waals surface area contributed by atoms with Gasteiger partial charge < -0.3 is 25.5 Å². The first kappa shape index (κ1) is 21.4. The molecule has 2 aromatic rings. The molecule has 3 N–H and O–H groups in total. The fraction of sp³-hybridized carbons (Fsp3) is 0.522. The Labute approximate surface area is 183 Å². The van der Waals surface area contributed by atoms with E-state index >= 15 is 0 Å². The molecule has 8 nitrogen and oxygen atoms in total. The molecule has 1 aromatic heterocycles. The van der Waals surface area contributed by atoms with E-state index in [0.29, 0.717) is 12.5 Å². The minimum absolute atomic E-state index is 0.141. The highest BCUT2D eigenvalue weighted by atomic mass is 16.4. The number of carbonyl (C=O) groups is 1. The van der Waals surface area contributed by atoms with Gasteiger partial charge in [-0.25, -0.2) is 9.78 Å². The Morgan fingerprint density at radius 3 is 2.58 bits per heavy atom. The molecule has 1 amide bonds. The Morgan fingerprint density at radius 1 is 1.16 bits per heavy atom. The zero-order valence-electron chi connectivity index (χ0n) is 18.6. The number of nitrogen functional groups attached to an aromatic ring is 1. The Hall–Kier alpha value is -2.87. The number of hydrogen-bond acceptors (Lipinski definition) is 6. The van der Waals surface area contributed by atoms with E-state index in [1.165, 1.54) is 5.56 Å². The van der Waals surface area contributed by atoms with Crippen LogP contribution in [0.5, 0.6) is 0 Å². The van der Waals surface area contributed by atoms with Gasteiger partial charge >= 0.3 is 6.09 Å². The number of anilines is 2. The van der Waals surface area contributed by atoms with Crippen LogP contribution in [0.1, 0.15) is 37.4 Å². The molecule has 166 valence electrons. The third-order valence-electron chi connectivity index (χ3n) is 6.30. The normalized spacial score (nSPS) is 19.5. The number of fused-ring (bicyclic) bond motifs is 1. The van der Waals surface area contributed by atoms with Gasteiger partial charge in [0.1, 0.15) is 5.82 Å². The third kappa shape index (κ3) is 4.58. The molecular weight excluding hydrogens is 392 g/mol. The lowest BCUT2D eigenvalue weighted by molar-refractivity contribution is 0.113. The number of aromatic nitrogens is 2. The number of amides is 1. The maximum atomic E-state index is 11.9. The van der Waals surface area contributed by atoms with Crippen LogP contribution in [-0.4, -0.2) is 70.7 Å². The van der Waals surface area contributed by atoms with Crippen LogP contribution in [0.25, 0.3) is 11.3 Å². The summed E-state index contributed by atoms with van der Waals surface area (Å²) in [7, 11) is 2.12. The van der Waals surface area contributed by atoms with E-state index in [2.05, 4.69) is 58.9 Å². The number of rotatable bonds is 4. The first-order chi connectivity index (χ1) is 14.8. The lowest BCUT2D eigenvalue weighted by Crippen LogP contribution is -2.44. The summed E-state index contributed by atoms with van der Waals surface area (Å²) in [6.45, 7) is 8.57. The van der Waals surface area contributed by atoms with E-state index in [1.807, 2.05) is 6.07 Å². The van der Waals surface area contributed by atoms with Gasteiger partial charge in [-0.1, -0.05) is 26.0 Å². The van der Waals surface area contributed by atoms with Crippen LogP contribution in [0.15, 0.2) is 24.3 Å². The second-order valence-electron chi connectivity index (χ2n) is 9.04. The minimum Gasteiger partial charge on any atom is -0.465 e. The Bertz CT molecular complexity index is 955. The lowest BCUT2D eigenvalue weighted by Gasteiger charge is -2.36. The Morgan fingerprint density at radius 2 is 1.90 bits per heavy atom. The molecule has 0 saturated carbocycles. The average molecular weight is 425 g/mol. The molecule has 0 spiro atoms. The van der Waals surface area contributed by atoms with Crippen LogP contribution in [0.4, 0.5) is 16.6 Å². The molecule has 8 heteroatoms. The highest BCUT2D eigenvalue weighted by molar-refractivity contribution is 5.69. The predicted octanol–water partition coefficient (Wildman–Crippen LogP) is 3.10. The highest BCUT2D eigenvalue weighted by Gasteiger charge is 2.31. The molecule has 31 heavy (non-hydrogen) atoms. The van der Waals surface area contributed by atoms with Crippen molar-refractivity contribution in [1.82, 2.24) is 19.8 Å². The number of piperazine rings is 1. The summed E-state index contributed by atoms with van der Waals surface area (Å²) in [5.74, 6) is 1.49. The Kier molecular flexibility index (Phi) is 6.00. The first-order valence-electron chi connectivity index (χ1n) is 11.0. The minimum atomic E-state index is -0.856. The highest BCUT2D eigenvalue weighted by Crippen LogP contribution is 2.37. The number of carboxylic acid groups (broad SMARTS) is 1. The first-order valence-corrected chi connectivity index (χ1v) is 11.0. The number of likely N-dealkylation sites (N-methyl/N-ethyl adjacent to an activating group) is 1. The molecule has 1 fully saturated rings. The molecule has 0 aliphatic carbocycles. The maximum absolute atomic E-state index is 11.9. The standard InChI is InChI=1S/C23H32N6O2/c1-15(2)12-20-18-13-17(5-4-16(18)6-7-29(20)23(30)31)19-14-21(26-22(24)25-19)28-10-8-27(3)9-11-28/h4-5,13-15,20H,6-12H2,1-3H3,(H,30,31)(H2,24,25,26). The van der Waals surface area contributed by atoms with Crippen molar-refractivity contribution in [3.8, 4) is 11.3 Å². The van der Waals surface area contributed by atoms with Crippen LogP contribution in [-0.2, 0) is 6.42 Å². The number of hydrogen-bond donors (Lipinski definition) is 2. The van der Waals surface area contributed by atoms with Gasteiger partial charge in [0.05, 0.1) is 11.7 Å². The molecule has 1 aromatic carbocycles. The number of nitrogens with zero attached hydrogens (tertiary/aromatic N) is 5. The van der Waals surface area contributed by atoms with Gasteiger partial charge in [-0.2, -0.15) is 4.98 Å². The van der Waals surface area contributed by atoms with Gasteiger partial charge in [0.2, 0.25) is 5.95 Å². The molecule has 2 aliphatic heterocycles. The fourth-order valence-corrected chi connectivity index (χ4v) is 4.58. The zero-order chi connectivity index (χ0) is 22.1. The smallest absolute Gasteiger partial charge is 0.407 e. The van der Waals surface area contributed by atoms with Crippen LogP contribution in [0.2, 0.25) is 0 Å². The van der Waals surface area contributed by atoms with Crippen molar-refractivity contribution in [2.75, 3.05) is 50.4 Å². The largest absolute Gasteiger partial charge is 0.465 e. The van der Waals surface area contributed by atoms with Crippen LogP contribution >= 0.6 is 0 Å². The van der Waals surface area contributed by atoms with Crippen LogP contribution < -0.4 is 10.6 Å². The van der Waals surface area contributed by atoms with Crippen molar-refractivity contribution in [3.05, 3.63) is 35.4 Å². The summed E-state index contributed by atoms with van der Waals surface area (Å²) in [5, 5.41) is 9.75. The molecule has 1 saturated heterocycles. The quantitative estimate of drug-likeness (QED) is 0.778. The van der Waals surface area contributed by atoms with Crippen LogP contribution in [0.3, 0.4) is 0 Å². The van der Waals surface area contributed by atoms with E-state index in [9.17, 15) is 9.90 Å². The van der Waals surface area contributed by atoms with E-state index in [-0.39, 0.29) is 12.0 Å². The predicted molar refractivity (Wildman–Crippen MR) is 122 cm³/mol. The van der Waals surface area contributed by atoms with Crippen molar-refractivity contribution in [2.24, 2.45) is 5.92 Å². The summed E-state index contributed by atoms with van der Waals surface area (Å²) in [4.78, 5) is 27.0.